The number of alkyl halides is 3. The summed E-state index contributed by atoms with van der Waals surface area (Å²) in [5.41, 5.74) is 1.62. The molecule has 2 aromatic heterocycles. The number of nitrogens with zero attached hydrogens (tertiary/aromatic N) is 3. The first-order chi connectivity index (χ1) is 12.3. The molecule has 0 spiro atoms. The van der Waals surface area contributed by atoms with Crippen LogP contribution in [0.3, 0.4) is 0 Å². The molecule has 3 rings (SSSR count). The zero-order valence-electron chi connectivity index (χ0n) is 13.3. The van der Waals surface area contributed by atoms with Gasteiger partial charge in [-0.1, -0.05) is 6.07 Å². The summed E-state index contributed by atoms with van der Waals surface area (Å²) in [5, 5.41) is 15.2. The number of aliphatic carboxylic acids is 1. The number of halogens is 3. The van der Waals surface area contributed by atoms with E-state index in [0.29, 0.717) is 11.8 Å². The molecule has 26 heavy (non-hydrogen) atoms. The van der Waals surface area contributed by atoms with Crippen molar-refractivity contribution in [2.75, 3.05) is 7.11 Å². The number of pyridine rings is 1. The van der Waals surface area contributed by atoms with Gasteiger partial charge in [0.05, 0.1) is 12.7 Å². The van der Waals surface area contributed by atoms with Gasteiger partial charge in [0.15, 0.2) is 0 Å². The maximum absolute atomic E-state index is 10.6. The molecule has 0 fully saturated rings. The molecule has 7 nitrogen and oxygen atoms in total. The van der Waals surface area contributed by atoms with Crippen LogP contribution < -0.4 is 4.74 Å². The number of benzene rings is 1. The summed E-state index contributed by atoms with van der Waals surface area (Å²) in [5.74, 6) is -1.10. The molecule has 1 aromatic carbocycles. The number of hydrogen-bond acceptors (Lipinski definition) is 6. The second-order valence-corrected chi connectivity index (χ2v) is 4.69. The fraction of sp³-hybridized carbons (Fsp3) is 0.125. The van der Waals surface area contributed by atoms with Crippen molar-refractivity contribution in [2.24, 2.45) is 0 Å². The van der Waals surface area contributed by atoms with E-state index in [2.05, 4.69) is 15.2 Å². The van der Waals surface area contributed by atoms with Crippen LogP contribution in [0.25, 0.3) is 22.9 Å². The van der Waals surface area contributed by atoms with Crippen molar-refractivity contribution in [3.63, 3.8) is 0 Å². The minimum Gasteiger partial charge on any atom is -0.497 e. The van der Waals surface area contributed by atoms with E-state index in [1.165, 1.54) is 0 Å². The zero-order chi connectivity index (χ0) is 19.2. The number of hydrogen-bond donors (Lipinski definition) is 1. The van der Waals surface area contributed by atoms with Crippen LogP contribution in [0.1, 0.15) is 0 Å². The number of ether oxygens (including phenoxy) is 1. The van der Waals surface area contributed by atoms with Gasteiger partial charge in [-0.15, -0.1) is 10.2 Å². The molecule has 0 saturated carbocycles. The summed E-state index contributed by atoms with van der Waals surface area (Å²) in [7, 11) is 1.62. The maximum Gasteiger partial charge on any atom is 0.490 e. The highest BCUT2D eigenvalue weighted by molar-refractivity contribution is 5.73. The smallest absolute Gasteiger partial charge is 0.490 e. The van der Waals surface area contributed by atoms with Crippen molar-refractivity contribution in [2.45, 2.75) is 6.18 Å². The van der Waals surface area contributed by atoms with E-state index in [-0.39, 0.29) is 0 Å². The SMILES string of the molecule is COc1cccc(-c2nnc(-c3cccnc3)o2)c1.O=C(O)C(F)(F)F. The lowest BCUT2D eigenvalue weighted by Gasteiger charge is -2.00. The highest BCUT2D eigenvalue weighted by atomic mass is 19.4. The van der Waals surface area contributed by atoms with Crippen molar-refractivity contribution in [3.05, 3.63) is 48.8 Å². The van der Waals surface area contributed by atoms with Gasteiger partial charge in [0.1, 0.15) is 5.75 Å². The molecule has 0 saturated heterocycles. The Labute approximate surface area is 145 Å². The molecule has 1 N–H and O–H groups in total. The highest BCUT2D eigenvalue weighted by Gasteiger charge is 2.38. The average Bonchev–Trinajstić information content (AvgIpc) is 3.12. The van der Waals surface area contributed by atoms with Gasteiger partial charge in [-0.05, 0) is 30.3 Å². The number of carboxylic acid groups (broad SMARTS) is 1. The standard InChI is InChI=1S/C14H11N3O2.C2HF3O2/c1-18-12-6-2-4-10(8-12)13-16-17-14(19-13)11-5-3-7-15-9-11;3-2(4,5)1(6)7/h2-9H,1H3;(H,6,7). The predicted molar refractivity (Wildman–Crippen MR) is 83.2 cm³/mol. The zero-order valence-corrected chi connectivity index (χ0v) is 13.3. The van der Waals surface area contributed by atoms with Crippen molar-refractivity contribution >= 4 is 5.97 Å². The van der Waals surface area contributed by atoms with Gasteiger partial charge in [0.2, 0.25) is 11.8 Å². The van der Waals surface area contributed by atoms with Crippen LogP contribution in [0.2, 0.25) is 0 Å². The summed E-state index contributed by atoms with van der Waals surface area (Å²) in [6.45, 7) is 0. The first kappa shape index (κ1) is 18.9. The minimum absolute atomic E-state index is 0.450. The predicted octanol–water partition coefficient (Wildman–Crippen LogP) is 3.44. The number of rotatable bonds is 3. The molecule has 0 amide bonds. The van der Waals surface area contributed by atoms with Crippen LogP contribution in [0.5, 0.6) is 5.75 Å². The van der Waals surface area contributed by atoms with Gasteiger partial charge in [-0.25, -0.2) is 4.79 Å². The lowest BCUT2D eigenvalue weighted by Crippen LogP contribution is -2.21. The lowest BCUT2D eigenvalue weighted by atomic mass is 10.2. The Hall–Kier alpha value is -3.43. The van der Waals surface area contributed by atoms with Crippen LogP contribution in [0.4, 0.5) is 13.2 Å². The molecule has 0 atom stereocenters. The molecule has 0 aliphatic heterocycles. The van der Waals surface area contributed by atoms with Crippen LogP contribution in [-0.4, -0.2) is 39.5 Å². The summed E-state index contributed by atoms with van der Waals surface area (Å²) < 4.78 is 42.5. The summed E-state index contributed by atoms with van der Waals surface area (Å²) in [6.07, 6.45) is -1.70. The lowest BCUT2D eigenvalue weighted by molar-refractivity contribution is -0.192. The van der Waals surface area contributed by atoms with E-state index < -0.39 is 12.1 Å². The quantitative estimate of drug-likeness (QED) is 0.757. The van der Waals surface area contributed by atoms with E-state index in [4.69, 9.17) is 19.1 Å². The number of carbonyl (C=O) groups is 1. The minimum atomic E-state index is -5.08. The van der Waals surface area contributed by atoms with Crippen LogP contribution >= 0.6 is 0 Å². The molecule has 0 bridgehead atoms. The van der Waals surface area contributed by atoms with Gasteiger partial charge < -0.3 is 14.3 Å². The first-order valence-electron chi connectivity index (χ1n) is 6.99. The Morgan fingerprint density at radius 1 is 1.12 bits per heavy atom. The van der Waals surface area contributed by atoms with Crippen molar-refractivity contribution in [1.82, 2.24) is 15.2 Å². The van der Waals surface area contributed by atoms with Crippen LogP contribution in [0, 0.1) is 0 Å². The van der Waals surface area contributed by atoms with Crippen molar-refractivity contribution in [3.8, 4) is 28.7 Å². The molecule has 10 heteroatoms. The maximum atomic E-state index is 10.6. The van der Waals surface area contributed by atoms with Crippen molar-refractivity contribution in [1.29, 1.82) is 0 Å². The second-order valence-electron chi connectivity index (χ2n) is 4.69. The molecular weight excluding hydrogens is 355 g/mol. The molecular formula is C16H12F3N3O4. The average molecular weight is 367 g/mol. The third-order valence-electron chi connectivity index (χ3n) is 2.89. The van der Waals surface area contributed by atoms with E-state index >= 15 is 0 Å². The fourth-order valence-electron chi connectivity index (χ4n) is 1.70. The normalized spacial score (nSPS) is 10.6. The third-order valence-corrected chi connectivity index (χ3v) is 2.89. The van der Waals surface area contributed by atoms with Gasteiger partial charge >= 0.3 is 12.1 Å². The van der Waals surface area contributed by atoms with Gasteiger partial charge in [0, 0.05) is 18.0 Å². The molecule has 3 aromatic rings. The largest absolute Gasteiger partial charge is 0.497 e. The number of methoxy groups -OCH3 is 1. The topological polar surface area (TPSA) is 98.3 Å². The molecule has 136 valence electrons. The van der Waals surface area contributed by atoms with Crippen molar-refractivity contribution < 1.29 is 32.2 Å². The molecule has 0 unspecified atom stereocenters. The summed E-state index contributed by atoms with van der Waals surface area (Å²) in [6, 6.07) is 11.2. The molecule has 0 aliphatic rings. The van der Waals surface area contributed by atoms with Gasteiger partial charge in [-0.3, -0.25) is 4.98 Å². The Kier molecular flexibility index (Phi) is 5.89. The van der Waals surface area contributed by atoms with E-state index in [1.807, 2.05) is 36.4 Å². The fourth-order valence-corrected chi connectivity index (χ4v) is 1.70. The van der Waals surface area contributed by atoms with Crippen LogP contribution in [0.15, 0.2) is 53.2 Å². The van der Waals surface area contributed by atoms with Gasteiger partial charge in [-0.2, -0.15) is 13.2 Å². The highest BCUT2D eigenvalue weighted by Crippen LogP contribution is 2.25. The Morgan fingerprint density at radius 2 is 1.73 bits per heavy atom. The molecule has 0 aliphatic carbocycles. The Bertz CT molecular complexity index is 866. The number of carboxylic acids is 1. The monoisotopic (exact) mass is 367 g/mol. The molecule has 2 heterocycles. The van der Waals surface area contributed by atoms with E-state index in [9.17, 15) is 13.2 Å². The van der Waals surface area contributed by atoms with Crippen LogP contribution in [-0.2, 0) is 4.79 Å². The number of aromatic nitrogens is 3. The Morgan fingerprint density at radius 3 is 2.27 bits per heavy atom. The van der Waals surface area contributed by atoms with Gasteiger partial charge in [0.25, 0.3) is 0 Å². The summed E-state index contributed by atoms with van der Waals surface area (Å²) in [4.78, 5) is 12.9. The van der Waals surface area contributed by atoms with E-state index in [0.717, 1.165) is 16.9 Å². The van der Waals surface area contributed by atoms with E-state index in [1.54, 1.807) is 19.5 Å². The Balaban J connectivity index is 0.000000298. The summed E-state index contributed by atoms with van der Waals surface area (Å²) >= 11 is 0. The molecule has 0 radical (unpaired) electrons. The third kappa shape index (κ3) is 5.03. The second kappa shape index (κ2) is 8.10. The first-order valence-corrected chi connectivity index (χ1v) is 6.99.